The molecule has 0 aliphatic carbocycles. The third-order valence-electron chi connectivity index (χ3n) is 3.31. The van der Waals surface area contributed by atoms with Gasteiger partial charge in [0, 0.05) is 20.7 Å². The fraction of sp³-hybridized carbons (Fsp3) is 0.467. The van der Waals surface area contributed by atoms with Gasteiger partial charge in [0.1, 0.15) is 0 Å². The molecule has 0 spiro atoms. The molecule has 0 aromatic heterocycles. The third-order valence-corrected chi connectivity index (χ3v) is 5.31. The van der Waals surface area contributed by atoms with E-state index in [-0.39, 0.29) is 22.0 Å². The second-order valence-corrected chi connectivity index (χ2v) is 7.41. The zero-order chi connectivity index (χ0) is 19.9. The molecule has 1 atom stereocenters. The molecule has 0 unspecified atom stereocenters. The highest BCUT2D eigenvalue weighted by Gasteiger charge is 2.25. The molecule has 0 heterocycles. The monoisotopic (exact) mass is 408 g/mol. The maximum absolute atomic E-state index is 12.3. The third kappa shape index (κ3) is 5.64. The summed E-state index contributed by atoms with van der Waals surface area (Å²) in [5.74, 6) is -1.45. The predicted molar refractivity (Wildman–Crippen MR) is 93.2 cm³/mol. The lowest BCUT2D eigenvalue weighted by Gasteiger charge is -2.16. The van der Waals surface area contributed by atoms with E-state index in [0.717, 1.165) is 6.07 Å². The van der Waals surface area contributed by atoms with Crippen molar-refractivity contribution in [3.63, 3.8) is 0 Å². The van der Waals surface area contributed by atoms with Crippen LogP contribution in [0.2, 0.25) is 5.02 Å². The highest BCUT2D eigenvalue weighted by molar-refractivity contribution is 7.89. The summed E-state index contributed by atoms with van der Waals surface area (Å²) >= 11 is 5.96. The van der Waals surface area contributed by atoms with E-state index in [0.29, 0.717) is 11.1 Å². The van der Waals surface area contributed by atoms with Gasteiger partial charge in [-0.05, 0) is 25.1 Å². The van der Waals surface area contributed by atoms with Crippen molar-refractivity contribution in [2.24, 2.45) is 0 Å². The first-order valence-corrected chi connectivity index (χ1v) is 9.27. The minimum atomic E-state index is -3.97. The molecule has 1 aromatic rings. The predicted octanol–water partition coefficient (Wildman–Crippen LogP) is 0.830. The van der Waals surface area contributed by atoms with Gasteiger partial charge in [0.15, 0.2) is 6.10 Å². The number of methoxy groups -OCH3 is 1. The SMILES string of the molecule is COCCNC(=O)[C@H](C)OC(=O)c1cc(S(=O)(=O)N(C)OC)ccc1Cl. The summed E-state index contributed by atoms with van der Waals surface area (Å²) < 4.78 is 35.0. The zero-order valence-electron chi connectivity index (χ0n) is 14.8. The van der Waals surface area contributed by atoms with E-state index >= 15 is 0 Å². The van der Waals surface area contributed by atoms with Crippen LogP contribution >= 0.6 is 11.6 Å². The Balaban J connectivity index is 2.96. The molecule has 0 fully saturated rings. The van der Waals surface area contributed by atoms with Crippen molar-refractivity contribution in [2.45, 2.75) is 17.9 Å². The van der Waals surface area contributed by atoms with Crippen LogP contribution in [0.4, 0.5) is 0 Å². The molecule has 0 saturated carbocycles. The van der Waals surface area contributed by atoms with E-state index in [1.54, 1.807) is 0 Å². The van der Waals surface area contributed by atoms with Crippen LogP contribution in [0.25, 0.3) is 0 Å². The van der Waals surface area contributed by atoms with Crippen molar-refractivity contribution >= 4 is 33.5 Å². The van der Waals surface area contributed by atoms with Crippen molar-refractivity contribution in [3.8, 4) is 0 Å². The molecule has 26 heavy (non-hydrogen) atoms. The normalized spacial score (nSPS) is 12.7. The molecule has 0 saturated heterocycles. The van der Waals surface area contributed by atoms with Gasteiger partial charge in [-0.15, -0.1) is 0 Å². The van der Waals surface area contributed by atoms with Crippen molar-refractivity contribution < 1.29 is 32.3 Å². The van der Waals surface area contributed by atoms with E-state index in [2.05, 4.69) is 10.2 Å². The molecule has 0 bridgehead atoms. The number of carbonyl (C=O) groups is 2. The van der Waals surface area contributed by atoms with Gasteiger partial charge in [0.05, 0.1) is 29.2 Å². The first-order valence-electron chi connectivity index (χ1n) is 7.45. The standard InChI is InChI=1S/C15H21ClN2O7S/c1-10(14(19)17-7-8-23-3)25-15(20)12-9-11(5-6-13(12)16)26(21,22)18(2)24-4/h5-6,9-10H,7-8H2,1-4H3,(H,17,19)/t10-/m0/s1. The number of hydrogen-bond donors (Lipinski definition) is 1. The topological polar surface area (TPSA) is 111 Å². The number of carbonyl (C=O) groups excluding carboxylic acids is 2. The molecule has 1 amide bonds. The average Bonchev–Trinajstić information content (AvgIpc) is 2.60. The van der Waals surface area contributed by atoms with E-state index in [4.69, 9.17) is 21.1 Å². The molecule has 1 N–H and O–H groups in total. The Morgan fingerprint density at radius 1 is 1.31 bits per heavy atom. The fourth-order valence-corrected chi connectivity index (χ4v) is 2.96. The van der Waals surface area contributed by atoms with Crippen molar-refractivity contribution in [1.29, 1.82) is 0 Å². The number of amides is 1. The van der Waals surface area contributed by atoms with Gasteiger partial charge in [-0.25, -0.2) is 13.2 Å². The van der Waals surface area contributed by atoms with Crippen LogP contribution < -0.4 is 5.32 Å². The maximum atomic E-state index is 12.3. The molecular weight excluding hydrogens is 388 g/mol. The molecule has 1 rings (SSSR count). The van der Waals surface area contributed by atoms with E-state index in [1.165, 1.54) is 40.3 Å². The molecule has 1 aromatic carbocycles. The van der Waals surface area contributed by atoms with Crippen LogP contribution in [-0.4, -0.2) is 65.3 Å². The Bertz CT molecular complexity index is 754. The van der Waals surface area contributed by atoms with Gasteiger partial charge in [0.2, 0.25) is 0 Å². The van der Waals surface area contributed by atoms with Crippen LogP contribution in [0.1, 0.15) is 17.3 Å². The smallest absolute Gasteiger partial charge is 0.340 e. The van der Waals surface area contributed by atoms with E-state index < -0.39 is 28.0 Å². The second kappa shape index (κ2) is 9.83. The average molecular weight is 409 g/mol. The van der Waals surface area contributed by atoms with Gasteiger partial charge in [-0.2, -0.15) is 0 Å². The largest absolute Gasteiger partial charge is 0.449 e. The van der Waals surface area contributed by atoms with Gasteiger partial charge in [-0.3, -0.25) is 9.63 Å². The first-order chi connectivity index (χ1) is 12.1. The lowest BCUT2D eigenvalue weighted by molar-refractivity contribution is -0.129. The van der Waals surface area contributed by atoms with E-state index in [1.807, 2.05) is 0 Å². The van der Waals surface area contributed by atoms with Crippen LogP contribution in [0.3, 0.4) is 0 Å². The molecule has 11 heteroatoms. The van der Waals surface area contributed by atoms with Gasteiger partial charge >= 0.3 is 5.97 Å². The lowest BCUT2D eigenvalue weighted by atomic mass is 10.2. The maximum Gasteiger partial charge on any atom is 0.340 e. The number of rotatable bonds is 9. The minimum absolute atomic E-state index is 0.0130. The molecule has 0 aliphatic rings. The number of hydroxylamine groups is 1. The number of nitrogens with zero attached hydrogens (tertiary/aromatic N) is 1. The fourth-order valence-electron chi connectivity index (χ4n) is 1.77. The number of benzene rings is 1. The Hall–Kier alpha value is -1.72. The second-order valence-electron chi connectivity index (χ2n) is 5.07. The van der Waals surface area contributed by atoms with Crippen molar-refractivity contribution in [1.82, 2.24) is 9.79 Å². The molecule has 0 aliphatic heterocycles. The summed E-state index contributed by atoms with van der Waals surface area (Å²) in [4.78, 5) is 28.6. The van der Waals surface area contributed by atoms with Gasteiger partial charge < -0.3 is 14.8 Å². The summed E-state index contributed by atoms with van der Waals surface area (Å²) in [7, 11) is -0.0945. The Morgan fingerprint density at radius 2 is 1.96 bits per heavy atom. The molecule has 146 valence electrons. The molecular formula is C15H21ClN2O7S. The number of hydrogen-bond acceptors (Lipinski definition) is 7. The summed E-state index contributed by atoms with van der Waals surface area (Å²) in [6.07, 6.45) is -1.10. The Morgan fingerprint density at radius 3 is 2.54 bits per heavy atom. The summed E-state index contributed by atoms with van der Waals surface area (Å²) in [5.41, 5.74) is -0.186. The van der Waals surface area contributed by atoms with Crippen LogP contribution in [0, 0.1) is 0 Å². The highest BCUT2D eigenvalue weighted by atomic mass is 35.5. The van der Waals surface area contributed by atoms with E-state index in [9.17, 15) is 18.0 Å². The summed E-state index contributed by atoms with van der Waals surface area (Å²) in [6.45, 7) is 1.95. The Kier molecular flexibility index (Phi) is 8.44. The lowest BCUT2D eigenvalue weighted by Crippen LogP contribution is -2.37. The van der Waals surface area contributed by atoms with Crippen LogP contribution in [0.5, 0.6) is 0 Å². The van der Waals surface area contributed by atoms with Crippen molar-refractivity contribution in [2.75, 3.05) is 34.4 Å². The minimum Gasteiger partial charge on any atom is -0.449 e. The number of halogens is 1. The highest BCUT2D eigenvalue weighted by Crippen LogP contribution is 2.23. The van der Waals surface area contributed by atoms with Crippen LogP contribution in [-0.2, 0) is 29.1 Å². The summed E-state index contributed by atoms with van der Waals surface area (Å²) in [5, 5.41) is 2.51. The van der Waals surface area contributed by atoms with Crippen LogP contribution in [0.15, 0.2) is 23.1 Å². The van der Waals surface area contributed by atoms with Gasteiger partial charge in [-0.1, -0.05) is 16.1 Å². The number of sulfonamides is 1. The number of esters is 1. The molecule has 9 nitrogen and oxygen atoms in total. The number of nitrogens with one attached hydrogen (secondary N) is 1. The summed E-state index contributed by atoms with van der Waals surface area (Å²) in [6, 6.07) is 3.54. The quantitative estimate of drug-likeness (QED) is 0.366. The van der Waals surface area contributed by atoms with Gasteiger partial charge in [0.25, 0.3) is 15.9 Å². The van der Waals surface area contributed by atoms with Crippen molar-refractivity contribution in [3.05, 3.63) is 28.8 Å². The Labute approximate surface area is 157 Å². The zero-order valence-corrected chi connectivity index (χ0v) is 16.4. The number of ether oxygens (including phenoxy) is 2. The molecule has 0 radical (unpaired) electrons. The first kappa shape index (κ1) is 22.3.